The van der Waals surface area contributed by atoms with Crippen molar-refractivity contribution < 1.29 is 19.1 Å². The normalized spacial score (nSPS) is 10.9. The zero-order chi connectivity index (χ0) is 22.0. The maximum atomic E-state index is 12.4. The van der Waals surface area contributed by atoms with E-state index in [1.165, 1.54) is 44.9 Å². The Morgan fingerprint density at radius 2 is 1.13 bits per heavy atom. The average Bonchev–Trinajstić information content (AvgIpc) is 2.74. The van der Waals surface area contributed by atoms with E-state index in [2.05, 4.69) is 20.8 Å². The van der Waals surface area contributed by atoms with Crippen molar-refractivity contribution in [3.8, 4) is 0 Å². The van der Waals surface area contributed by atoms with Crippen molar-refractivity contribution >= 4 is 11.9 Å². The fraction of sp³-hybridized carbons (Fsp3) is 0.692. The molecule has 0 aromatic heterocycles. The van der Waals surface area contributed by atoms with Crippen LogP contribution in [0.2, 0.25) is 0 Å². The van der Waals surface area contributed by atoms with E-state index in [9.17, 15) is 9.59 Å². The Labute approximate surface area is 183 Å². The number of unbranched alkanes of at least 4 members (excludes halogenated alkanes) is 9. The second kappa shape index (κ2) is 16.9. The molecule has 0 spiro atoms. The number of hydrogen-bond acceptors (Lipinski definition) is 4. The number of ether oxygens (including phenoxy) is 2. The van der Waals surface area contributed by atoms with E-state index >= 15 is 0 Å². The molecular formula is C26H42O4. The Bertz CT molecular complexity index is 594. The van der Waals surface area contributed by atoms with Crippen LogP contribution >= 0.6 is 0 Å². The summed E-state index contributed by atoms with van der Waals surface area (Å²) in [4.78, 5) is 24.8. The third-order valence-corrected chi connectivity index (χ3v) is 5.26. The predicted molar refractivity (Wildman–Crippen MR) is 123 cm³/mol. The van der Waals surface area contributed by atoms with E-state index in [1.807, 2.05) is 0 Å². The van der Waals surface area contributed by atoms with Crippen LogP contribution in [0.3, 0.4) is 0 Å². The number of rotatable bonds is 17. The van der Waals surface area contributed by atoms with E-state index in [4.69, 9.17) is 9.47 Å². The van der Waals surface area contributed by atoms with Crippen LogP contribution in [0.5, 0.6) is 0 Å². The van der Waals surface area contributed by atoms with Crippen molar-refractivity contribution in [2.24, 2.45) is 5.92 Å². The summed E-state index contributed by atoms with van der Waals surface area (Å²) < 4.78 is 10.8. The van der Waals surface area contributed by atoms with Gasteiger partial charge in [-0.15, -0.1) is 0 Å². The third kappa shape index (κ3) is 12.0. The molecule has 0 unspecified atom stereocenters. The maximum Gasteiger partial charge on any atom is 0.339 e. The van der Waals surface area contributed by atoms with E-state index in [-0.39, 0.29) is 0 Å². The van der Waals surface area contributed by atoms with E-state index < -0.39 is 11.9 Å². The monoisotopic (exact) mass is 418 g/mol. The van der Waals surface area contributed by atoms with Gasteiger partial charge in [-0.2, -0.15) is 0 Å². The average molecular weight is 419 g/mol. The highest BCUT2D eigenvalue weighted by Gasteiger charge is 2.18. The number of carbonyl (C=O) groups is 2. The molecule has 0 atom stereocenters. The lowest BCUT2D eigenvalue weighted by Crippen LogP contribution is -2.15. The summed E-state index contributed by atoms with van der Waals surface area (Å²) in [6.07, 6.45) is 13.7. The molecule has 0 saturated heterocycles. The summed E-state index contributed by atoms with van der Waals surface area (Å²) >= 11 is 0. The quantitative estimate of drug-likeness (QED) is 0.196. The molecule has 0 amide bonds. The minimum absolute atomic E-state index is 0.293. The lowest BCUT2D eigenvalue weighted by molar-refractivity contribution is 0.0450. The molecule has 0 N–H and O–H groups in total. The molecule has 0 bridgehead atoms. The van der Waals surface area contributed by atoms with Crippen LogP contribution in [0, 0.1) is 5.92 Å². The van der Waals surface area contributed by atoms with Gasteiger partial charge in [-0.1, -0.05) is 97.1 Å². The highest BCUT2D eigenvalue weighted by molar-refractivity contribution is 6.03. The number of carbonyl (C=O) groups excluding carboxylic acids is 2. The summed E-state index contributed by atoms with van der Waals surface area (Å²) in [6.45, 7) is 7.49. The zero-order valence-corrected chi connectivity index (χ0v) is 19.4. The standard InChI is InChI=1S/C26H42O4/c1-4-5-6-10-15-20-29-25(27)23-18-13-14-19-24(23)26(28)30-21-16-11-8-7-9-12-17-22(2)3/h13-14,18-19,22H,4-12,15-17,20-21H2,1-3H3. The summed E-state index contributed by atoms with van der Waals surface area (Å²) in [6, 6.07) is 6.76. The molecule has 0 aliphatic rings. The summed E-state index contributed by atoms with van der Waals surface area (Å²) in [5.74, 6) is -0.0998. The van der Waals surface area contributed by atoms with Gasteiger partial charge >= 0.3 is 11.9 Å². The molecule has 0 fully saturated rings. The number of esters is 2. The van der Waals surface area contributed by atoms with Crippen molar-refractivity contribution in [3.05, 3.63) is 35.4 Å². The van der Waals surface area contributed by atoms with Crippen molar-refractivity contribution in [3.63, 3.8) is 0 Å². The van der Waals surface area contributed by atoms with Crippen LogP contribution < -0.4 is 0 Å². The highest BCUT2D eigenvalue weighted by atomic mass is 16.5. The Hall–Kier alpha value is -1.84. The Morgan fingerprint density at radius 3 is 1.60 bits per heavy atom. The third-order valence-electron chi connectivity index (χ3n) is 5.26. The topological polar surface area (TPSA) is 52.6 Å². The van der Waals surface area contributed by atoms with Gasteiger partial charge in [0.25, 0.3) is 0 Å². The lowest BCUT2D eigenvalue weighted by Gasteiger charge is -2.10. The number of benzene rings is 1. The molecule has 1 aromatic carbocycles. The Kier molecular flexibility index (Phi) is 14.8. The Balaban J connectivity index is 2.28. The van der Waals surface area contributed by atoms with Crippen LogP contribution in [0.4, 0.5) is 0 Å². The van der Waals surface area contributed by atoms with Crippen molar-refractivity contribution in [2.75, 3.05) is 13.2 Å². The first-order valence-electron chi connectivity index (χ1n) is 12.0. The summed E-state index contributed by atoms with van der Waals surface area (Å²) in [5.41, 5.74) is 0.586. The zero-order valence-electron chi connectivity index (χ0n) is 19.4. The van der Waals surface area contributed by atoms with Crippen LogP contribution in [-0.4, -0.2) is 25.2 Å². The molecule has 0 saturated carbocycles. The first kappa shape index (κ1) is 26.2. The second-order valence-corrected chi connectivity index (χ2v) is 8.54. The highest BCUT2D eigenvalue weighted by Crippen LogP contribution is 2.14. The molecule has 4 heteroatoms. The van der Waals surface area contributed by atoms with Crippen LogP contribution in [-0.2, 0) is 9.47 Å². The molecule has 0 aliphatic carbocycles. The van der Waals surface area contributed by atoms with Gasteiger partial charge < -0.3 is 9.47 Å². The van der Waals surface area contributed by atoms with E-state index in [0.29, 0.717) is 24.3 Å². The maximum absolute atomic E-state index is 12.4. The molecular weight excluding hydrogens is 376 g/mol. The van der Waals surface area contributed by atoms with Gasteiger partial charge in [-0.3, -0.25) is 0 Å². The summed E-state index contributed by atoms with van der Waals surface area (Å²) in [5, 5.41) is 0. The van der Waals surface area contributed by atoms with Gasteiger partial charge in [0.05, 0.1) is 24.3 Å². The van der Waals surface area contributed by atoms with Crippen molar-refractivity contribution in [1.82, 2.24) is 0 Å². The molecule has 1 aromatic rings. The van der Waals surface area contributed by atoms with E-state index in [0.717, 1.165) is 38.0 Å². The molecule has 30 heavy (non-hydrogen) atoms. The van der Waals surface area contributed by atoms with Crippen LogP contribution in [0.25, 0.3) is 0 Å². The van der Waals surface area contributed by atoms with Gasteiger partial charge in [-0.25, -0.2) is 9.59 Å². The van der Waals surface area contributed by atoms with Gasteiger partial charge in [0.1, 0.15) is 0 Å². The molecule has 0 aliphatic heterocycles. The molecule has 0 radical (unpaired) electrons. The molecule has 1 rings (SSSR count). The van der Waals surface area contributed by atoms with Gasteiger partial charge in [0, 0.05) is 0 Å². The Morgan fingerprint density at radius 1 is 0.700 bits per heavy atom. The number of hydrogen-bond donors (Lipinski definition) is 0. The SMILES string of the molecule is CCCCCCCOC(=O)c1ccccc1C(=O)OCCCCCCCCC(C)C. The largest absolute Gasteiger partial charge is 0.462 e. The van der Waals surface area contributed by atoms with Crippen molar-refractivity contribution in [2.45, 2.75) is 97.8 Å². The molecule has 0 heterocycles. The summed E-state index contributed by atoms with van der Waals surface area (Å²) in [7, 11) is 0. The van der Waals surface area contributed by atoms with Crippen LogP contribution in [0.1, 0.15) is 119 Å². The molecule has 4 nitrogen and oxygen atoms in total. The second-order valence-electron chi connectivity index (χ2n) is 8.54. The van der Waals surface area contributed by atoms with Gasteiger partial charge in [0.2, 0.25) is 0 Å². The first-order valence-corrected chi connectivity index (χ1v) is 12.0. The fourth-order valence-electron chi connectivity index (χ4n) is 3.39. The fourth-order valence-corrected chi connectivity index (χ4v) is 3.39. The van der Waals surface area contributed by atoms with Crippen molar-refractivity contribution in [1.29, 1.82) is 0 Å². The smallest absolute Gasteiger partial charge is 0.339 e. The molecule has 170 valence electrons. The van der Waals surface area contributed by atoms with Gasteiger partial charge in [0.15, 0.2) is 0 Å². The minimum atomic E-state index is -0.445. The van der Waals surface area contributed by atoms with Gasteiger partial charge in [-0.05, 0) is 30.9 Å². The van der Waals surface area contributed by atoms with E-state index in [1.54, 1.807) is 24.3 Å². The first-order chi connectivity index (χ1) is 14.6. The van der Waals surface area contributed by atoms with Crippen LogP contribution in [0.15, 0.2) is 24.3 Å². The lowest BCUT2D eigenvalue weighted by atomic mass is 10.0. The minimum Gasteiger partial charge on any atom is -0.462 e. The predicted octanol–water partition coefficient (Wildman–Crippen LogP) is 7.36.